The molecular weight excluding hydrogens is 395 g/mol. The number of aliphatic hydroxyl groups is 1. The molecule has 2 atom stereocenters. The van der Waals surface area contributed by atoms with Gasteiger partial charge in [-0.1, -0.05) is 43.2 Å². The zero-order valence-corrected chi connectivity index (χ0v) is 17.1. The lowest BCUT2D eigenvalue weighted by atomic mass is 9.73. The quantitative estimate of drug-likeness (QED) is 0.779. The van der Waals surface area contributed by atoms with E-state index >= 15 is 0 Å². The summed E-state index contributed by atoms with van der Waals surface area (Å²) in [5.41, 5.74) is -0.875. The van der Waals surface area contributed by atoms with Gasteiger partial charge in [0.25, 0.3) is 0 Å². The molecule has 0 aromatic heterocycles. The van der Waals surface area contributed by atoms with Crippen LogP contribution in [0, 0.1) is 0 Å². The van der Waals surface area contributed by atoms with Crippen molar-refractivity contribution in [1.29, 1.82) is 0 Å². The topological polar surface area (TPSA) is 55.8 Å². The highest BCUT2D eigenvalue weighted by atomic mass is 19.4. The van der Waals surface area contributed by atoms with Gasteiger partial charge in [-0.15, -0.1) is 0 Å². The van der Waals surface area contributed by atoms with Gasteiger partial charge in [0.2, 0.25) is 5.91 Å². The summed E-state index contributed by atoms with van der Waals surface area (Å²) in [6, 6.07) is 9.69. The number of rotatable bonds is 4. The van der Waals surface area contributed by atoms with E-state index in [1.807, 2.05) is 30.3 Å². The van der Waals surface area contributed by atoms with Crippen LogP contribution in [0.3, 0.4) is 0 Å². The number of nitrogens with zero attached hydrogens (tertiary/aromatic N) is 2. The second-order valence-corrected chi connectivity index (χ2v) is 8.91. The van der Waals surface area contributed by atoms with Crippen LogP contribution in [0.15, 0.2) is 30.3 Å². The molecule has 2 heterocycles. The largest absolute Gasteiger partial charge is 0.390 e. The fourth-order valence-electron chi connectivity index (χ4n) is 5.62. The van der Waals surface area contributed by atoms with Crippen LogP contribution in [0.1, 0.15) is 50.5 Å². The van der Waals surface area contributed by atoms with Crippen LogP contribution < -0.4 is 5.32 Å². The van der Waals surface area contributed by atoms with E-state index in [0.29, 0.717) is 32.4 Å². The summed E-state index contributed by atoms with van der Waals surface area (Å²) in [6.45, 7) is 1.19. The Morgan fingerprint density at radius 3 is 2.47 bits per heavy atom. The summed E-state index contributed by atoms with van der Waals surface area (Å²) in [7, 11) is 0. The average Bonchev–Trinajstić information content (AvgIpc) is 3.03. The Bertz CT molecular complexity index is 750. The van der Waals surface area contributed by atoms with Crippen LogP contribution >= 0.6 is 0 Å². The zero-order valence-electron chi connectivity index (χ0n) is 17.1. The van der Waals surface area contributed by atoms with Gasteiger partial charge in [-0.2, -0.15) is 13.2 Å². The number of likely N-dealkylation sites (tertiary alicyclic amines) is 1. The number of carbonyl (C=O) groups excluding carboxylic acids is 1. The molecule has 2 N–H and O–H groups in total. The van der Waals surface area contributed by atoms with Gasteiger partial charge in [0.1, 0.15) is 11.1 Å². The van der Waals surface area contributed by atoms with E-state index in [1.165, 1.54) is 0 Å². The van der Waals surface area contributed by atoms with Crippen LogP contribution in [-0.4, -0.2) is 64.9 Å². The van der Waals surface area contributed by atoms with Crippen molar-refractivity contribution in [3.05, 3.63) is 35.9 Å². The van der Waals surface area contributed by atoms with E-state index in [-0.39, 0.29) is 25.2 Å². The summed E-state index contributed by atoms with van der Waals surface area (Å²) in [5.74, 6) is -0.161. The van der Waals surface area contributed by atoms with Crippen molar-refractivity contribution < 1.29 is 23.1 Å². The predicted octanol–water partition coefficient (Wildman–Crippen LogP) is 2.99. The third-order valence-electron chi connectivity index (χ3n) is 7.30. The van der Waals surface area contributed by atoms with E-state index in [2.05, 4.69) is 10.2 Å². The Labute approximate surface area is 175 Å². The monoisotopic (exact) mass is 425 g/mol. The Morgan fingerprint density at radius 2 is 1.80 bits per heavy atom. The first-order valence-corrected chi connectivity index (χ1v) is 10.9. The van der Waals surface area contributed by atoms with Crippen LogP contribution in [0.2, 0.25) is 0 Å². The summed E-state index contributed by atoms with van der Waals surface area (Å²) < 4.78 is 38.2. The van der Waals surface area contributed by atoms with E-state index in [4.69, 9.17) is 0 Å². The smallest absolute Gasteiger partial charge is 0.384 e. The van der Waals surface area contributed by atoms with Gasteiger partial charge in [-0.05, 0) is 31.2 Å². The van der Waals surface area contributed by atoms with Gasteiger partial charge in [0.05, 0.1) is 13.1 Å². The molecule has 2 aliphatic heterocycles. The molecule has 8 heteroatoms. The zero-order chi connectivity index (χ0) is 21.4. The third-order valence-corrected chi connectivity index (χ3v) is 7.30. The molecule has 1 saturated carbocycles. The van der Waals surface area contributed by atoms with Gasteiger partial charge in [-0.25, -0.2) is 0 Å². The molecule has 0 bridgehead atoms. The van der Waals surface area contributed by atoms with Crippen LogP contribution in [0.5, 0.6) is 0 Å². The van der Waals surface area contributed by atoms with Crippen molar-refractivity contribution in [3.8, 4) is 0 Å². The maximum absolute atomic E-state index is 12.7. The lowest BCUT2D eigenvalue weighted by molar-refractivity contribution is -0.146. The lowest BCUT2D eigenvalue weighted by Crippen LogP contribution is -2.61. The maximum atomic E-state index is 12.7. The van der Waals surface area contributed by atoms with Gasteiger partial charge in [0.15, 0.2) is 0 Å². The fraction of sp³-hybridized carbons (Fsp3) is 0.682. The van der Waals surface area contributed by atoms with Crippen molar-refractivity contribution in [3.63, 3.8) is 0 Å². The van der Waals surface area contributed by atoms with E-state index in [1.54, 1.807) is 4.90 Å². The van der Waals surface area contributed by atoms with Gasteiger partial charge in [-0.3, -0.25) is 14.6 Å². The molecular formula is C22H30F3N3O2. The normalized spacial score (nSPS) is 30.5. The molecule has 0 radical (unpaired) electrons. The highest BCUT2D eigenvalue weighted by Gasteiger charge is 2.53. The third kappa shape index (κ3) is 3.97. The SMILES string of the molecule is O=C1NCN(CCC(F)(F)F)C12CCN(C1CCCCC1(O)c1ccccc1)CC2. The first-order valence-electron chi connectivity index (χ1n) is 10.9. The minimum Gasteiger partial charge on any atom is -0.384 e. The van der Waals surface area contributed by atoms with Crippen LogP contribution in [-0.2, 0) is 10.4 Å². The second kappa shape index (κ2) is 8.13. The minimum absolute atomic E-state index is 0.0425. The van der Waals surface area contributed by atoms with Gasteiger partial charge in [0, 0.05) is 25.7 Å². The number of hydrogen-bond acceptors (Lipinski definition) is 4. The molecule has 3 fully saturated rings. The predicted molar refractivity (Wildman–Crippen MR) is 107 cm³/mol. The lowest BCUT2D eigenvalue weighted by Gasteiger charge is -2.50. The standard InChI is InChI=1S/C22H30F3N3O2/c23-22(24,25)12-15-28-16-26-19(29)20(28)10-13-27(14-11-20)18-8-4-5-9-21(18,30)17-6-2-1-3-7-17/h1-3,6-7,18,30H,4-5,8-16H2,(H,26,29). The van der Waals surface area contributed by atoms with Crippen molar-refractivity contribution in [2.45, 2.75) is 68.3 Å². The van der Waals surface area contributed by atoms with Crippen LogP contribution in [0.4, 0.5) is 13.2 Å². The Kier molecular flexibility index (Phi) is 5.85. The van der Waals surface area contributed by atoms with E-state index < -0.39 is 23.7 Å². The first-order chi connectivity index (χ1) is 14.2. The molecule has 2 unspecified atom stereocenters. The maximum Gasteiger partial charge on any atom is 0.390 e. The molecule has 3 aliphatic rings. The van der Waals surface area contributed by atoms with Crippen molar-refractivity contribution in [1.82, 2.24) is 15.1 Å². The van der Waals surface area contributed by atoms with E-state index in [9.17, 15) is 23.1 Å². The molecule has 2 saturated heterocycles. The second-order valence-electron chi connectivity index (χ2n) is 8.91. The molecule has 1 aromatic carbocycles. The Hall–Kier alpha value is -1.64. The minimum atomic E-state index is -4.23. The molecule has 1 spiro atoms. The molecule has 1 aromatic rings. The summed E-state index contributed by atoms with van der Waals surface area (Å²) >= 11 is 0. The molecule has 166 valence electrons. The van der Waals surface area contributed by atoms with Crippen molar-refractivity contribution in [2.24, 2.45) is 0 Å². The summed E-state index contributed by atoms with van der Waals surface area (Å²) in [6.07, 6.45) is -0.599. The number of piperidine rings is 1. The summed E-state index contributed by atoms with van der Waals surface area (Å²) in [5, 5.41) is 14.4. The fourth-order valence-corrected chi connectivity index (χ4v) is 5.62. The number of hydrogen-bond donors (Lipinski definition) is 2. The highest BCUT2D eigenvalue weighted by Crippen LogP contribution is 2.43. The number of carbonyl (C=O) groups is 1. The molecule has 30 heavy (non-hydrogen) atoms. The molecule has 5 nitrogen and oxygen atoms in total. The number of alkyl halides is 3. The molecule has 1 aliphatic carbocycles. The van der Waals surface area contributed by atoms with Crippen molar-refractivity contribution >= 4 is 5.91 Å². The molecule has 4 rings (SSSR count). The van der Waals surface area contributed by atoms with Gasteiger partial charge >= 0.3 is 6.18 Å². The number of nitrogens with one attached hydrogen (secondary N) is 1. The Morgan fingerprint density at radius 1 is 1.10 bits per heavy atom. The number of benzene rings is 1. The first kappa shape index (κ1) is 21.6. The average molecular weight is 425 g/mol. The highest BCUT2D eigenvalue weighted by molar-refractivity contribution is 5.88. The number of amides is 1. The van der Waals surface area contributed by atoms with Gasteiger partial charge < -0.3 is 10.4 Å². The van der Waals surface area contributed by atoms with Crippen LogP contribution in [0.25, 0.3) is 0 Å². The molecule has 1 amide bonds. The Balaban J connectivity index is 1.48. The number of halogens is 3. The van der Waals surface area contributed by atoms with E-state index in [0.717, 1.165) is 24.8 Å². The summed E-state index contributed by atoms with van der Waals surface area (Å²) in [4.78, 5) is 16.5. The van der Waals surface area contributed by atoms with Crippen molar-refractivity contribution in [2.75, 3.05) is 26.3 Å².